The Labute approximate surface area is 531 Å². The first-order chi connectivity index (χ1) is 44.2. The van der Waals surface area contributed by atoms with Crippen molar-refractivity contribution in [1.82, 2.24) is 40.9 Å². The number of nitrogens with two attached hydrogens (primary N) is 4. The van der Waals surface area contributed by atoms with Crippen molar-refractivity contribution in [3.05, 3.63) is 106 Å². The Morgan fingerprint density at radius 2 is 0.837 bits per heavy atom. The van der Waals surface area contributed by atoms with Crippen LogP contribution in [0.4, 0.5) is 0 Å². The van der Waals surface area contributed by atoms with Gasteiger partial charge in [0.2, 0.25) is 35.4 Å². The first-order valence-corrected chi connectivity index (χ1v) is 31.7. The number of carbonyl (C=O) groups excluding carboxylic acids is 8. The van der Waals surface area contributed by atoms with Gasteiger partial charge in [0.1, 0.15) is 48.3 Å². The maximum atomic E-state index is 15.4. The van der Waals surface area contributed by atoms with Crippen LogP contribution in [0.2, 0.25) is 0 Å². The molecule has 4 heterocycles. The van der Waals surface area contributed by atoms with E-state index in [0.29, 0.717) is 36.8 Å². The molecule has 12 atom stereocenters. The molecule has 2 aliphatic carbocycles. The lowest BCUT2D eigenvalue weighted by Crippen LogP contribution is -2.62. The van der Waals surface area contributed by atoms with Gasteiger partial charge in [-0.25, -0.2) is 9.59 Å². The van der Waals surface area contributed by atoms with Gasteiger partial charge in [-0.05, 0) is 110 Å². The quantitative estimate of drug-likeness (QED) is 0.0301. The molecular formula is C64H84N14O14. The lowest BCUT2D eigenvalue weighted by Gasteiger charge is -2.42. The lowest BCUT2D eigenvalue weighted by molar-refractivity contribution is -0.153. The van der Waals surface area contributed by atoms with Crippen LogP contribution in [0.3, 0.4) is 0 Å². The van der Waals surface area contributed by atoms with Crippen molar-refractivity contribution in [3.8, 4) is 0 Å². The minimum absolute atomic E-state index is 0.000512. The molecule has 8 amide bonds. The Balaban J connectivity index is 0.926. The van der Waals surface area contributed by atoms with Gasteiger partial charge in [-0.15, -0.1) is 0 Å². The number of carboxylic acid groups (broad SMARTS) is 2. The van der Waals surface area contributed by atoms with Crippen molar-refractivity contribution in [1.29, 1.82) is 0 Å². The summed E-state index contributed by atoms with van der Waals surface area (Å²) in [6.07, 6.45) is 6.78. The van der Waals surface area contributed by atoms with Crippen LogP contribution in [0.25, 0.3) is 0 Å². The van der Waals surface area contributed by atoms with Gasteiger partial charge in [-0.2, -0.15) is 0 Å². The first kappa shape index (κ1) is 67.2. The molecule has 4 fully saturated rings. The van der Waals surface area contributed by atoms with Crippen molar-refractivity contribution in [3.63, 3.8) is 0 Å². The van der Waals surface area contributed by atoms with Crippen LogP contribution in [0, 0.1) is 11.8 Å². The topological polar surface area (TPSA) is 441 Å². The molecule has 0 aromatic heterocycles. The zero-order chi connectivity index (χ0) is 65.9. The second kappa shape index (κ2) is 30.3. The van der Waals surface area contributed by atoms with E-state index in [4.69, 9.17) is 22.9 Å². The summed E-state index contributed by atoms with van der Waals surface area (Å²) in [5.74, 6) is -9.28. The van der Waals surface area contributed by atoms with Crippen LogP contribution >= 0.6 is 0 Å². The number of fused-ring (bicyclic) bond motifs is 4. The van der Waals surface area contributed by atoms with Crippen LogP contribution in [-0.2, 0) is 64.3 Å². The summed E-state index contributed by atoms with van der Waals surface area (Å²) in [6, 6.07) is 8.23. The van der Waals surface area contributed by atoms with Gasteiger partial charge in [0.25, 0.3) is 11.8 Å². The first-order valence-electron chi connectivity index (χ1n) is 31.7. The molecule has 2 saturated carbocycles. The monoisotopic (exact) mass is 1270 g/mol. The number of likely N-dealkylation sites (tertiary alicyclic amines) is 2. The molecular weight excluding hydrogens is 1190 g/mol. The third kappa shape index (κ3) is 15.2. The number of aliphatic carboxylic acids is 2. The van der Waals surface area contributed by atoms with E-state index in [0.717, 1.165) is 36.8 Å². The van der Waals surface area contributed by atoms with E-state index in [2.05, 4.69) is 31.3 Å². The van der Waals surface area contributed by atoms with E-state index >= 15 is 19.2 Å². The average Bonchev–Trinajstić information content (AvgIpc) is 1.49. The van der Waals surface area contributed by atoms with Crippen LogP contribution in [0.1, 0.15) is 133 Å². The Morgan fingerprint density at radius 3 is 1.20 bits per heavy atom. The average molecular weight is 1270 g/mol. The molecule has 4 unspecified atom stereocenters. The third-order valence-electron chi connectivity index (χ3n) is 19.0. The maximum absolute atomic E-state index is 15.4. The predicted octanol–water partition coefficient (Wildman–Crippen LogP) is -0.660. The summed E-state index contributed by atoms with van der Waals surface area (Å²) < 4.78 is 0. The SMILES string of the molecule is NC(N)=NCCC[C@H](NC(=O)[C@@H]1CC2CCCCC2N1C(=O)[C@H]1Cc2ccccc2CN1C(=O)[C@H](CO)NC(=O)c1ccccc1C(=O)N[C@@H](CO)C(=O)N1Cc2ccccc2C[C@@H]1C(=O)N1C2CCCCC2C[C@H]1C(=O)N[C@@H](CCCN=C(N)N)C(=O)O)C(=O)O. The molecule has 0 radical (unpaired) electrons. The standard InChI is InChI=1S/C64H84N14O14/c65-63(66)69-25-11-21-43(61(89)90)71-55(83)49-29-37-15-5-9-23-47(37)77(49)59(87)51-27-35-13-1-3-17-39(35)31-75(51)57(85)45(33-79)73-53(81)41-19-7-8-20-42(41)54(82)74-46(34-80)58(86)76-32-40-18-4-2-14-36(40)28-52(76)60(88)78-48-24-10-6-16-38(48)30-50(78)56(84)72-44(62(91)92)22-12-26-70-64(67)68/h1-4,7-8,13-14,17-20,37-38,43-52,79-80H,5-6,9-12,15-16,21-34H2,(H,71,83)(H,72,84)(H,73,81)(H,74,82)(H,89,90)(H,91,92)(H4,65,66,69)(H4,67,68,70)/t37?,38?,43-,44-,45-,46-,47?,48?,49-,50-,51+,52+/m0/s1. The molecule has 9 rings (SSSR count). The zero-order valence-electron chi connectivity index (χ0n) is 51.3. The highest BCUT2D eigenvalue weighted by atomic mass is 16.4. The number of guanidine groups is 2. The van der Waals surface area contributed by atoms with Gasteiger partial charge in [0.05, 0.1) is 24.3 Å². The summed E-state index contributed by atoms with van der Waals surface area (Å²) in [6.45, 7) is -1.95. The number of amides is 8. The molecule has 0 bridgehead atoms. The van der Waals surface area contributed by atoms with Gasteiger partial charge < -0.3 is 84.2 Å². The summed E-state index contributed by atoms with van der Waals surface area (Å²) in [7, 11) is 0. The molecule has 3 aromatic rings. The number of carbonyl (C=O) groups is 10. The maximum Gasteiger partial charge on any atom is 0.326 e. The molecule has 28 nitrogen and oxygen atoms in total. The molecule has 494 valence electrons. The fraction of sp³-hybridized carbons (Fsp3) is 0.531. The summed E-state index contributed by atoms with van der Waals surface area (Å²) in [5.41, 5.74) is 24.0. The van der Waals surface area contributed by atoms with E-state index in [-0.39, 0.29) is 112 Å². The van der Waals surface area contributed by atoms with Crippen LogP contribution < -0.4 is 44.2 Å². The molecule has 2 saturated heterocycles. The fourth-order valence-corrected chi connectivity index (χ4v) is 14.5. The van der Waals surface area contributed by atoms with Crippen molar-refractivity contribution < 1.29 is 68.4 Å². The van der Waals surface area contributed by atoms with Crippen molar-refractivity contribution in [2.45, 2.75) is 176 Å². The normalized spacial score (nSPS) is 23.5. The highest BCUT2D eigenvalue weighted by molar-refractivity contribution is 6.09. The van der Waals surface area contributed by atoms with Crippen LogP contribution in [0.5, 0.6) is 0 Å². The number of carboxylic acids is 2. The third-order valence-corrected chi connectivity index (χ3v) is 19.0. The van der Waals surface area contributed by atoms with Crippen LogP contribution in [-0.4, -0.2) is 198 Å². The van der Waals surface area contributed by atoms with Crippen LogP contribution in [0.15, 0.2) is 82.8 Å². The number of hydrogen-bond acceptors (Lipinski definition) is 14. The molecule has 4 aliphatic heterocycles. The zero-order valence-corrected chi connectivity index (χ0v) is 51.3. The summed E-state index contributed by atoms with van der Waals surface area (Å²) >= 11 is 0. The van der Waals surface area contributed by atoms with Gasteiger partial charge in [0.15, 0.2) is 11.9 Å². The number of benzene rings is 3. The van der Waals surface area contributed by atoms with Gasteiger partial charge in [0, 0.05) is 51.1 Å². The molecule has 3 aromatic carbocycles. The molecule has 6 aliphatic rings. The van der Waals surface area contributed by atoms with Crippen molar-refractivity contribution in [2.24, 2.45) is 44.8 Å². The number of hydrogen-bond donors (Lipinski definition) is 12. The molecule has 16 N–H and O–H groups in total. The molecule has 0 spiro atoms. The molecule has 92 heavy (non-hydrogen) atoms. The highest BCUT2D eigenvalue weighted by Gasteiger charge is 2.53. The number of aliphatic hydroxyl groups excluding tert-OH is 2. The smallest absolute Gasteiger partial charge is 0.326 e. The molecule has 28 heteroatoms. The number of aliphatic imine (C=N–C) groups is 2. The second-order valence-electron chi connectivity index (χ2n) is 24.8. The highest BCUT2D eigenvalue weighted by Crippen LogP contribution is 2.43. The van der Waals surface area contributed by atoms with Crippen molar-refractivity contribution in [2.75, 3.05) is 26.3 Å². The van der Waals surface area contributed by atoms with E-state index in [9.17, 15) is 49.2 Å². The number of aliphatic hydroxyl groups is 2. The predicted molar refractivity (Wildman–Crippen MR) is 333 cm³/mol. The largest absolute Gasteiger partial charge is 0.480 e. The van der Waals surface area contributed by atoms with E-state index in [1.165, 1.54) is 43.9 Å². The Bertz CT molecular complexity index is 3120. The summed E-state index contributed by atoms with van der Waals surface area (Å²) in [4.78, 5) is 157. The lowest BCUT2D eigenvalue weighted by atomic mass is 9.84. The number of nitrogens with one attached hydrogen (secondary N) is 4. The van der Waals surface area contributed by atoms with E-state index < -0.39 is 133 Å². The van der Waals surface area contributed by atoms with E-state index in [1.54, 1.807) is 36.4 Å². The van der Waals surface area contributed by atoms with Crippen molar-refractivity contribution >= 4 is 71.1 Å². The second-order valence-corrected chi connectivity index (χ2v) is 24.8. The minimum Gasteiger partial charge on any atom is -0.480 e. The van der Waals surface area contributed by atoms with E-state index in [1.807, 2.05) is 12.1 Å². The number of nitrogens with zero attached hydrogens (tertiary/aromatic N) is 6. The van der Waals surface area contributed by atoms with Gasteiger partial charge in [-0.1, -0.05) is 86.3 Å². The minimum atomic E-state index is -1.71. The fourth-order valence-electron chi connectivity index (χ4n) is 14.5. The Hall–Kier alpha value is -9.18. The Kier molecular flexibility index (Phi) is 22.1. The van der Waals surface area contributed by atoms with Gasteiger partial charge >= 0.3 is 11.9 Å². The Morgan fingerprint density at radius 1 is 0.478 bits per heavy atom. The van der Waals surface area contributed by atoms with Gasteiger partial charge in [-0.3, -0.25) is 48.3 Å². The summed E-state index contributed by atoms with van der Waals surface area (Å²) in [5, 5.41) is 52.6. The number of rotatable bonds is 24.